The third kappa shape index (κ3) is 5.21. The Morgan fingerprint density at radius 1 is 1.10 bits per heavy atom. The molecule has 2 rings (SSSR count). The van der Waals surface area contributed by atoms with Crippen LogP contribution in [-0.2, 0) is 6.42 Å². The van der Waals surface area contributed by atoms with Crippen LogP contribution in [0.15, 0.2) is 28.7 Å². The molecule has 1 aliphatic rings. The molecule has 1 aromatic rings. The maximum atomic E-state index is 3.67. The van der Waals surface area contributed by atoms with Gasteiger partial charge in [0.1, 0.15) is 0 Å². The van der Waals surface area contributed by atoms with E-state index in [-0.39, 0.29) is 0 Å². The van der Waals surface area contributed by atoms with Crippen molar-refractivity contribution in [2.24, 2.45) is 11.8 Å². The van der Waals surface area contributed by atoms with Gasteiger partial charge in [0.15, 0.2) is 0 Å². The summed E-state index contributed by atoms with van der Waals surface area (Å²) in [5.41, 5.74) is 1.48. The fraction of sp³-hybridized carbons (Fsp3) is 0.667. The molecule has 1 atom stereocenters. The molecule has 1 unspecified atom stereocenters. The van der Waals surface area contributed by atoms with Gasteiger partial charge < -0.3 is 5.32 Å². The highest BCUT2D eigenvalue weighted by atomic mass is 79.9. The Balaban J connectivity index is 1.98. The minimum absolute atomic E-state index is 0.589. The van der Waals surface area contributed by atoms with Gasteiger partial charge in [0, 0.05) is 10.5 Å². The normalized spacial score (nSPS) is 18.4. The summed E-state index contributed by atoms with van der Waals surface area (Å²) in [4.78, 5) is 0. The van der Waals surface area contributed by atoms with Gasteiger partial charge in [0.05, 0.1) is 0 Å². The Morgan fingerprint density at radius 3 is 2.35 bits per heavy atom. The SMILES string of the molecule is CC(C)NCC(Cc1ccc(Br)cc1)C1CCCCC1. The predicted octanol–water partition coefficient (Wildman–Crippen LogP) is 5.19. The van der Waals surface area contributed by atoms with Crippen molar-refractivity contribution < 1.29 is 0 Å². The molecule has 1 fully saturated rings. The first kappa shape index (κ1) is 16.0. The minimum Gasteiger partial charge on any atom is -0.314 e. The first-order valence-corrected chi connectivity index (χ1v) is 8.92. The zero-order valence-corrected chi connectivity index (χ0v) is 14.5. The number of hydrogen-bond donors (Lipinski definition) is 1. The fourth-order valence-electron chi connectivity index (χ4n) is 3.32. The number of rotatable bonds is 6. The van der Waals surface area contributed by atoms with Gasteiger partial charge in [-0.1, -0.05) is 74.0 Å². The van der Waals surface area contributed by atoms with Crippen molar-refractivity contribution >= 4 is 15.9 Å². The lowest BCUT2D eigenvalue weighted by molar-refractivity contribution is 0.236. The quantitative estimate of drug-likeness (QED) is 0.753. The van der Waals surface area contributed by atoms with Gasteiger partial charge in [-0.25, -0.2) is 0 Å². The van der Waals surface area contributed by atoms with E-state index in [1.165, 1.54) is 55.1 Å². The molecular weight excluding hydrogens is 310 g/mol. The third-order valence-electron chi connectivity index (χ3n) is 4.52. The molecule has 0 heterocycles. The van der Waals surface area contributed by atoms with Gasteiger partial charge in [-0.15, -0.1) is 0 Å². The number of nitrogens with one attached hydrogen (secondary N) is 1. The molecule has 0 aromatic heterocycles. The standard InChI is InChI=1S/C18H28BrN/c1-14(2)20-13-17(16-6-4-3-5-7-16)12-15-8-10-18(19)11-9-15/h8-11,14,16-17,20H,3-7,12-13H2,1-2H3. The number of benzene rings is 1. The average Bonchev–Trinajstić information content (AvgIpc) is 2.46. The highest BCUT2D eigenvalue weighted by Crippen LogP contribution is 2.32. The van der Waals surface area contributed by atoms with Crippen LogP contribution in [0.1, 0.15) is 51.5 Å². The third-order valence-corrected chi connectivity index (χ3v) is 5.04. The van der Waals surface area contributed by atoms with Crippen LogP contribution in [0.3, 0.4) is 0 Å². The smallest absolute Gasteiger partial charge is 0.0175 e. The van der Waals surface area contributed by atoms with E-state index < -0.39 is 0 Å². The molecule has 2 heteroatoms. The molecule has 1 aromatic carbocycles. The summed E-state index contributed by atoms with van der Waals surface area (Å²) in [6.45, 7) is 5.66. The first-order valence-electron chi connectivity index (χ1n) is 8.13. The van der Waals surface area contributed by atoms with Crippen LogP contribution in [0.25, 0.3) is 0 Å². The van der Waals surface area contributed by atoms with Crippen molar-refractivity contribution in [2.75, 3.05) is 6.54 Å². The second kappa shape index (κ2) is 8.19. The van der Waals surface area contributed by atoms with Crippen LogP contribution in [0.2, 0.25) is 0 Å². The van der Waals surface area contributed by atoms with Crippen LogP contribution in [0, 0.1) is 11.8 Å². The molecule has 0 aliphatic heterocycles. The molecule has 0 spiro atoms. The maximum Gasteiger partial charge on any atom is 0.0175 e. The summed E-state index contributed by atoms with van der Waals surface area (Å²) in [5.74, 6) is 1.71. The highest BCUT2D eigenvalue weighted by Gasteiger charge is 2.23. The molecule has 1 nitrogen and oxygen atoms in total. The van der Waals surface area contributed by atoms with Crippen LogP contribution >= 0.6 is 15.9 Å². The van der Waals surface area contributed by atoms with E-state index in [9.17, 15) is 0 Å². The van der Waals surface area contributed by atoms with E-state index >= 15 is 0 Å². The summed E-state index contributed by atoms with van der Waals surface area (Å²) >= 11 is 3.53. The van der Waals surface area contributed by atoms with E-state index in [2.05, 4.69) is 59.4 Å². The molecule has 112 valence electrons. The van der Waals surface area contributed by atoms with Gasteiger partial charge in [-0.3, -0.25) is 0 Å². The van der Waals surface area contributed by atoms with Crippen molar-refractivity contribution in [3.05, 3.63) is 34.3 Å². The van der Waals surface area contributed by atoms with E-state index in [0.29, 0.717) is 6.04 Å². The monoisotopic (exact) mass is 337 g/mol. The van der Waals surface area contributed by atoms with Crippen molar-refractivity contribution in [1.82, 2.24) is 5.32 Å². The molecule has 1 N–H and O–H groups in total. The number of hydrogen-bond acceptors (Lipinski definition) is 1. The lowest BCUT2D eigenvalue weighted by Crippen LogP contribution is -2.34. The Labute approximate surface area is 132 Å². The zero-order chi connectivity index (χ0) is 14.4. The molecule has 0 bridgehead atoms. The molecule has 20 heavy (non-hydrogen) atoms. The van der Waals surface area contributed by atoms with Crippen LogP contribution in [0.5, 0.6) is 0 Å². The molecule has 1 aliphatic carbocycles. The molecule has 1 saturated carbocycles. The lowest BCUT2D eigenvalue weighted by Gasteiger charge is -2.31. The summed E-state index contributed by atoms with van der Waals surface area (Å²) < 4.78 is 1.18. The largest absolute Gasteiger partial charge is 0.314 e. The fourth-order valence-corrected chi connectivity index (χ4v) is 3.59. The van der Waals surface area contributed by atoms with Gasteiger partial charge >= 0.3 is 0 Å². The Kier molecular flexibility index (Phi) is 6.57. The Hall–Kier alpha value is -0.340. The average molecular weight is 338 g/mol. The summed E-state index contributed by atoms with van der Waals surface area (Å²) in [7, 11) is 0. The zero-order valence-electron chi connectivity index (χ0n) is 12.9. The second-order valence-electron chi connectivity index (χ2n) is 6.55. The van der Waals surface area contributed by atoms with Crippen molar-refractivity contribution in [1.29, 1.82) is 0 Å². The van der Waals surface area contributed by atoms with Crippen molar-refractivity contribution in [3.8, 4) is 0 Å². The van der Waals surface area contributed by atoms with E-state index in [1.54, 1.807) is 0 Å². The lowest BCUT2D eigenvalue weighted by atomic mass is 9.77. The Bertz CT molecular complexity index is 379. The molecule has 0 saturated heterocycles. The minimum atomic E-state index is 0.589. The van der Waals surface area contributed by atoms with Crippen LogP contribution in [0.4, 0.5) is 0 Å². The first-order chi connectivity index (χ1) is 9.65. The van der Waals surface area contributed by atoms with Crippen LogP contribution in [-0.4, -0.2) is 12.6 Å². The van der Waals surface area contributed by atoms with Gasteiger partial charge in [0.25, 0.3) is 0 Å². The Morgan fingerprint density at radius 2 is 1.75 bits per heavy atom. The van der Waals surface area contributed by atoms with Crippen molar-refractivity contribution in [3.63, 3.8) is 0 Å². The van der Waals surface area contributed by atoms with Gasteiger partial charge in [-0.05, 0) is 42.5 Å². The summed E-state index contributed by atoms with van der Waals surface area (Å²) in [6, 6.07) is 9.47. The topological polar surface area (TPSA) is 12.0 Å². The van der Waals surface area contributed by atoms with E-state index in [1.807, 2.05) is 0 Å². The van der Waals surface area contributed by atoms with Crippen molar-refractivity contribution in [2.45, 2.75) is 58.4 Å². The highest BCUT2D eigenvalue weighted by molar-refractivity contribution is 9.10. The van der Waals surface area contributed by atoms with Gasteiger partial charge in [0.2, 0.25) is 0 Å². The summed E-state index contributed by atoms with van der Waals surface area (Å²) in [5, 5.41) is 3.67. The predicted molar refractivity (Wildman–Crippen MR) is 91.0 cm³/mol. The molecular formula is C18H28BrN. The molecule has 0 amide bonds. The summed E-state index contributed by atoms with van der Waals surface area (Å²) in [6.07, 6.45) is 8.39. The number of halogens is 1. The van der Waals surface area contributed by atoms with Crippen LogP contribution < -0.4 is 5.32 Å². The maximum absolute atomic E-state index is 3.67. The molecule has 0 radical (unpaired) electrons. The van der Waals surface area contributed by atoms with E-state index in [0.717, 1.165) is 11.8 Å². The van der Waals surface area contributed by atoms with Gasteiger partial charge in [-0.2, -0.15) is 0 Å². The second-order valence-corrected chi connectivity index (χ2v) is 7.47. The van der Waals surface area contributed by atoms with E-state index in [4.69, 9.17) is 0 Å².